The first-order valence-electron chi connectivity index (χ1n) is 3.23. The van der Waals surface area contributed by atoms with Gasteiger partial charge in [-0.25, -0.2) is 9.13 Å². The molecule has 7 nitrogen and oxygen atoms in total. The molecule has 14 heavy (non-hydrogen) atoms. The van der Waals surface area contributed by atoms with Gasteiger partial charge in [0.2, 0.25) is 0 Å². The minimum atomic E-state index is -5.05. The highest BCUT2D eigenvalue weighted by Crippen LogP contribution is 2.57. The van der Waals surface area contributed by atoms with E-state index in [0.717, 1.165) is 6.26 Å². The molecule has 3 N–H and O–H groups in total. The first-order valence-corrected chi connectivity index (χ1v) is 6.26. The fraction of sp³-hybridized carbons (Fsp3) is 0.200. The fourth-order valence-electron chi connectivity index (χ4n) is 0.352. The summed E-state index contributed by atoms with van der Waals surface area (Å²) in [4.78, 5) is 25.2. The standard InChI is InChI=1S/C5H10O7P2/c1-3-5(2)4-11-14(9,10)12-13(6,7)8/h3-4H,1H2,2H3,(H,9,10)(H2,6,7,8). The molecule has 0 aromatic rings. The van der Waals surface area contributed by atoms with Crippen molar-refractivity contribution in [3.8, 4) is 0 Å². The first-order chi connectivity index (χ1) is 6.16. The van der Waals surface area contributed by atoms with Crippen molar-refractivity contribution < 1.29 is 32.6 Å². The van der Waals surface area contributed by atoms with E-state index in [4.69, 9.17) is 14.7 Å². The molecule has 0 aromatic heterocycles. The molecular weight excluding hydrogens is 234 g/mol. The Morgan fingerprint density at radius 3 is 2.21 bits per heavy atom. The highest BCUT2D eigenvalue weighted by molar-refractivity contribution is 7.60. The Balaban J connectivity index is 4.44. The molecule has 0 aliphatic carbocycles. The molecule has 0 saturated carbocycles. The van der Waals surface area contributed by atoms with E-state index in [-0.39, 0.29) is 0 Å². The van der Waals surface area contributed by atoms with Crippen molar-refractivity contribution in [2.75, 3.05) is 0 Å². The summed E-state index contributed by atoms with van der Waals surface area (Å²) in [5, 5.41) is 0. The van der Waals surface area contributed by atoms with E-state index < -0.39 is 15.6 Å². The smallest absolute Gasteiger partial charge is 0.412 e. The second kappa shape index (κ2) is 4.89. The second-order valence-electron chi connectivity index (χ2n) is 2.21. The van der Waals surface area contributed by atoms with Gasteiger partial charge in [-0.05, 0) is 12.5 Å². The minimum Gasteiger partial charge on any atom is -0.412 e. The number of allylic oxidation sites excluding steroid dienone is 2. The van der Waals surface area contributed by atoms with Crippen molar-refractivity contribution in [3.05, 3.63) is 24.5 Å². The molecule has 0 aliphatic rings. The Labute approximate surface area is 80.5 Å². The third-order valence-corrected chi connectivity index (χ3v) is 2.95. The molecule has 9 heteroatoms. The van der Waals surface area contributed by atoms with Crippen LogP contribution in [0, 0.1) is 0 Å². The number of phosphoric ester groups is 1. The van der Waals surface area contributed by atoms with Gasteiger partial charge in [-0.1, -0.05) is 12.7 Å². The second-order valence-corrected chi connectivity index (χ2v) is 4.99. The molecular formula is C5H10O7P2. The van der Waals surface area contributed by atoms with Crippen LogP contribution in [0.1, 0.15) is 6.92 Å². The average molecular weight is 244 g/mol. The molecule has 1 atom stereocenters. The molecule has 0 bridgehead atoms. The summed E-state index contributed by atoms with van der Waals surface area (Å²) in [6, 6.07) is 0. The Morgan fingerprint density at radius 1 is 1.36 bits per heavy atom. The summed E-state index contributed by atoms with van der Waals surface area (Å²) in [5.74, 6) is 0. The third kappa shape index (κ3) is 7.03. The van der Waals surface area contributed by atoms with E-state index in [1.54, 1.807) is 0 Å². The van der Waals surface area contributed by atoms with E-state index in [0.29, 0.717) is 5.57 Å². The highest BCUT2D eigenvalue weighted by Gasteiger charge is 2.32. The Morgan fingerprint density at radius 2 is 1.86 bits per heavy atom. The third-order valence-electron chi connectivity index (χ3n) is 0.903. The fourth-order valence-corrected chi connectivity index (χ4v) is 1.88. The number of hydrogen-bond donors (Lipinski definition) is 3. The van der Waals surface area contributed by atoms with Crippen molar-refractivity contribution in [2.24, 2.45) is 0 Å². The molecule has 0 aromatic carbocycles. The number of hydrogen-bond acceptors (Lipinski definition) is 4. The molecule has 0 spiro atoms. The Kier molecular flexibility index (Phi) is 4.74. The Bertz CT molecular complexity index is 327. The van der Waals surface area contributed by atoms with E-state index in [1.807, 2.05) is 0 Å². The van der Waals surface area contributed by atoms with Crippen molar-refractivity contribution in [3.63, 3.8) is 0 Å². The van der Waals surface area contributed by atoms with Gasteiger partial charge in [-0.2, -0.15) is 4.31 Å². The lowest BCUT2D eigenvalue weighted by Gasteiger charge is -2.10. The van der Waals surface area contributed by atoms with E-state index in [2.05, 4.69) is 15.4 Å². The van der Waals surface area contributed by atoms with E-state index in [9.17, 15) is 9.13 Å². The van der Waals surface area contributed by atoms with Gasteiger partial charge in [0.25, 0.3) is 0 Å². The van der Waals surface area contributed by atoms with E-state index >= 15 is 0 Å². The maximum atomic E-state index is 10.8. The molecule has 82 valence electrons. The molecule has 1 unspecified atom stereocenters. The number of phosphoric acid groups is 2. The van der Waals surface area contributed by atoms with Crippen molar-refractivity contribution >= 4 is 15.6 Å². The summed E-state index contributed by atoms with van der Waals surface area (Å²) in [5.41, 5.74) is 0.397. The molecule has 0 aliphatic heterocycles. The van der Waals surface area contributed by atoms with Gasteiger partial charge in [0.05, 0.1) is 6.26 Å². The van der Waals surface area contributed by atoms with Crippen LogP contribution in [-0.4, -0.2) is 14.7 Å². The van der Waals surface area contributed by atoms with Gasteiger partial charge in [0.15, 0.2) is 0 Å². The molecule has 0 amide bonds. The zero-order chi connectivity index (χ0) is 11.4. The lowest BCUT2D eigenvalue weighted by molar-refractivity contribution is 0.216. The van der Waals surface area contributed by atoms with Crippen LogP contribution in [0.25, 0.3) is 0 Å². The van der Waals surface area contributed by atoms with Crippen molar-refractivity contribution in [1.29, 1.82) is 0 Å². The first kappa shape index (κ1) is 13.6. The SMILES string of the molecule is C=CC(C)=COP(=O)(O)OP(=O)(O)O. The van der Waals surface area contributed by atoms with Crippen LogP contribution in [-0.2, 0) is 18.0 Å². The molecule has 0 radical (unpaired) electrons. The van der Waals surface area contributed by atoms with Crippen LogP contribution >= 0.6 is 15.6 Å². The zero-order valence-electron chi connectivity index (χ0n) is 7.23. The molecule has 0 rings (SSSR count). The molecule has 0 saturated heterocycles. The summed E-state index contributed by atoms with van der Waals surface area (Å²) >= 11 is 0. The van der Waals surface area contributed by atoms with Gasteiger partial charge < -0.3 is 14.3 Å². The summed E-state index contributed by atoms with van der Waals surface area (Å²) in [7, 11) is -9.82. The van der Waals surface area contributed by atoms with Crippen LogP contribution < -0.4 is 0 Å². The van der Waals surface area contributed by atoms with Crippen molar-refractivity contribution in [1.82, 2.24) is 0 Å². The maximum Gasteiger partial charge on any atom is 0.535 e. The zero-order valence-corrected chi connectivity index (χ0v) is 9.02. The van der Waals surface area contributed by atoms with Crippen LogP contribution in [0.2, 0.25) is 0 Å². The van der Waals surface area contributed by atoms with Gasteiger partial charge in [0, 0.05) is 0 Å². The minimum absolute atomic E-state index is 0.397. The quantitative estimate of drug-likeness (QED) is 0.379. The highest BCUT2D eigenvalue weighted by atomic mass is 31.3. The van der Waals surface area contributed by atoms with E-state index in [1.165, 1.54) is 13.0 Å². The predicted octanol–water partition coefficient (Wildman–Crippen LogP) is 1.30. The van der Waals surface area contributed by atoms with Gasteiger partial charge in [0.1, 0.15) is 0 Å². The van der Waals surface area contributed by atoms with Gasteiger partial charge in [-0.15, -0.1) is 0 Å². The van der Waals surface area contributed by atoms with Crippen molar-refractivity contribution in [2.45, 2.75) is 6.92 Å². The normalized spacial score (nSPS) is 17.3. The monoisotopic (exact) mass is 244 g/mol. The topological polar surface area (TPSA) is 113 Å². The average Bonchev–Trinajstić information content (AvgIpc) is 1.96. The lowest BCUT2D eigenvalue weighted by Crippen LogP contribution is -1.89. The largest absolute Gasteiger partial charge is 0.535 e. The summed E-state index contributed by atoms with van der Waals surface area (Å²) in [6.45, 7) is 4.83. The maximum absolute atomic E-state index is 10.8. The summed E-state index contributed by atoms with van der Waals surface area (Å²) < 4.78 is 28.6. The summed E-state index contributed by atoms with van der Waals surface area (Å²) in [6.07, 6.45) is 2.13. The predicted molar refractivity (Wildman–Crippen MR) is 48.0 cm³/mol. The Hall–Kier alpha value is -0.420. The van der Waals surface area contributed by atoms with Gasteiger partial charge in [-0.3, -0.25) is 4.89 Å². The lowest BCUT2D eigenvalue weighted by atomic mass is 10.3. The molecule has 0 fully saturated rings. The van der Waals surface area contributed by atoms with Crippen LogP contribution in [0.4, 0.5) is 0 Å². The van der Waals surface area contributed by atoms with Crippen LogP contribution in [0.3, 0.4) is 0 Å². The number of rotatable bonds is 5. The van der Waals surface area contributed by atoms with Gasteiger partial charge >= 0.3 is 15.6 Å². The molecule has 0 heterocycles. The van der Waals surface area contributed by atoms with Crippen LogP contribution in [0.15, 0.2) is 24.5 Å². The van der Waals surface area contributed by atoms with Crippen LogP contribution in [0.5, 0.6) is 0 Å².